The average molecular weight is 916 g/mol. The molecule has 346 valence electrons. The number of aromatic nitrogens is 2. The number of phenolic OH excluding ortho intramolecular Hbond substituents is 1. The number of amides is 3. The number of carbonyl (C=O) groups excluding carboxylic acids is 3. The van der Waals surface area contributed by atoms with E-state index in [9.17, 15) is 19.5 Å². The molecule has 64 heavy (non-hydrogen) atoms. The number of hydrogen-bond acceptors (Lipinski definition) is 12. The van der Waals surface area contributed by atoms with Gasteiger partial charge in [0.25, 0.3) is 0 Å². The third-order valence-electron chi connectivity index (χ3n) is 11.6. The van der Waals surface area contributed by atoms with Crippen molar-refractivity contribution in [3.63, 3.8) is 0 Å². The van der Waals surface area contributed by atoms with E-state index in [2.05, 4.69) is 63.2 Å². The van der Waals surface area contributed by atoms with E-state index in [1.54, 1.807) is 31.3 Å². The number of nitrogens with zero attached hydrogens (tertiary/aromatic N) is 5. The molecule has 0 spiro atoms. The molecule has 0 bridgehead atoms. The van der Waals surface area contributed by atoms with Crippen molar-refractivity contribution in [3.8, 4) is 5.75 Å². The minimum Gasteiger partial charge on any atom is -0.508 e. The van der Waals surface area contributed by atoms with Crippen LogP contribution in [0.5, 0.6) is 5.75 Å². The lowest BCUT2D eigenvalue weighted by Crippen LogP contribution is -2.48. The van der Waals surface area contributed by atoms with Crippen LogP contribution in [0.15, 0.2) is 70.7 Å². The highest BCUT2D eigenvalue weighted by molar-refractivity contribution is 7.99. The van der Waals surface area contributed by atoms with E-state index in [1.165, 1.54) is 22.9 Å². The number of aromatic hydroxyl groups is 1. The molecule has 14 nitrogen and oxygen atoms in total. The topological polar surface area (TPSA) is 221 Å². The molecule has 2 aliphatic rings. The number of aryl methyl sites for hydroxylation is 3. The summed E-state index contributed by atoms with van der Waals surface area (Å²) in [5, 5.41) is 20.8. The SMILES string of the molecule is CCC(C)C(N)=O.CCc1cc(C(C)=N)c(C)cc1O.Cc1ccc(CN2CCN(C(=O)CCC(=O)Nc3cccc(Sc4ncc(N5CCC(C)(N)CC5)nc4N)c3Cl)CC2)cc1. The van der Waals surface area contributed by atoms with Gasteiger partial charge in [-0.25, -0.2) is 9.97 Å². The second-order valence-corrected chi connectivity index (χ2v) is 18.4. The number of nitrogen functional groups attached to an aromatic ring is 1. The van der Waals surface area contributed by atoms with Crippen LogP contribution in [0.3, 0.4) is 0 Å². The van der Waals surface area contributed by atoms with E-state index in [0.717, 1.165) is 80.9 Å². The maximum Gasteiger partial charge on any atom is 0.224 e. The van der Waals surface area contributed by atoms with Crippen molar-refractivity contribution >= 4 is 64.1 Å². The van der Waals surface area contributed by atoms with Crippen molar-refractivity contribution in [3.05, 3.63) is 93.6 Å². The van der Waals surface area contributed by atoms with Crippen molar-refractivity contribution in [2.24, 2.45) is 17.4 Å². The fourth-order valence-electron chi connectivity index (χ4n) is 6.97. The number of piperidine rings is 1. The third kappa shape index (κ3) is 15.5. The van der Waals surface area contributed by atoms with E-state index >= 15 is 0 Å². The zero-order chi connectivity index (χ0) is 47.1. The third-order valence-corrected chi connectivity index (χ3v) is 13.1. The van der Waals surface area contributed by atoms with E-state index in [4.69, 9.17) is 34.2 Å². The van der Waals surface area contributed by atoms with Crippen LogP contribution < -0.4 is 27.4 Å². The molecular weight excluding hydrogens is 848 g/mol. The Labute approximate surface area is 388 Å². The van der Waals surface area contributed by atoms with Crippen LogP contribution in [0.25, 0.3) is 0 Å². The van der Waals surface area contributed by atoms with Crippen molar-refractivity contribution in [2.45, 2.75) is 109 Å². The molecule has 3 heterocycles. The molecule has 2 fully saturated rings. The highest BCUT2D eigenvalue weighted by Crippen LogP contribution is 2.39. The van der Waals surface area contributed by atoms with Gasteiger partial charge in [-0.2, -0.15) is 0 Å². The average Bonchev–Trinajstić information content (AvgIpc) is 3.26. The van der Waals surface area contributed by atoms with Crippen molar-refractivity contribution in [1.82, 2.24) is 19.8 Å². The van der Waals surface area contributed by atoms with Gasteiger partial charge < -0.3 is 42.8 Å². The molecule has 1 unspecified atom stereocenters. The fourth-order valence-corrected chi connectivity index (χ4v) is 8.07. The number of nitrogens with two attached hydrogens (primary N) is 3. The van der Waals surface area contributed by atoms with Gasteiger partial charge in [0.15, 0.2) is 5.82 Å². The Bertz CT molecular complexity index is 2220. The Hall–Kier alpha value is -5.22. The number of benzene rings is 3. The minimum atomic E-state index is -0.265. The van der Waals surface area contributed by atoms with Crippen LogP contribution in [-0.4, -0.2) is 93.1 Å². The molecule has 1 aromatic heterocycles. The van der Waals surface area contributed by atoms with Gasteiger partial charge in [0.1, 0.15) is 16.6 Å². The van der Waals surface area contributed by atoms with Crippen LogP contribution in [0.4, 0.5) is 17.3 Å². The number of primary amides is 1. The van der Waals surface area contributed by atoms with Gasteiger partial charge in [-0.15, -0.1) is 0 Å². The Balaban J connectivity index is 0.000000370. The molecule has 6 rings (SSSR count). The van der Waals surface area contributed by atoms with E-state index in [1.807, 2.05) is 44.7 Å². The quantitative estimate of drug-likeness (QED) is 0.0713. The summed E-state index contributed by atoms with van der Waals surface area (Å²) in [5.41, 5.74) is 23.6. The van der Waals surface area contributed by atoms with E-state index in [0.29, 0.717) is 51.0 Å². The predicted molar refractivity (Wildman–Crippen MR) is 260 cm³/mol. The Morgan fingerprint density at radius 1 is 1.00 bits per heavy atom. The summed E-state index contributed by atoms with van der Waals surface area (Å²) in [5.74, 6) is 0.943. The van der Waals surface area contributed by atoms with E-state index < -0.39 is 0 Å². The number of nitrogens with one attached hydrogen (secondary N) is 2. The molecule has 3 aromatic carbocycles. The zero-order valence-corrected chi connectivity index (χ0v) is 40.0. The van der Waals surface area contributed by atoms with Gasteiger partial charge in [0.2, 0.25) is 17.7 Å². The fraction of sp³-hybridized carbons (Fsp3) is 0.458. The first-order valence-electron chi connectivity index (χ1n) is 22.0. The molecule has 0 saturated carbocycles. The van der Waals surface area contributed by atoms with Crippen molar-refractivity contribution < 1.29 is 19.5 Å². The van der Waals surface area contributed by atoms with Gasteiger partial charge in [-0.1, -0.05) is 80.0 Å². The Kier molecular flexibility index (Phi) is 19.4. The summed E-state index contributed by atoms with van der Waals surface area (Å²) in [6, 6.07) is 17.6. The second-order valence-electron chi connectivity index (χ2n) is 17.0. The van der Waals surface area contributed by atoms with Gasteiger partial charge >= 0.3 is 0 Å². The molecule has 0 aliphatic carbocycles. The number of phenols is 1. The first kappa shape index (κ1) is 51.4. The summed E-state index contributed by atoms with van der Waals surface area (Å²) in [6.45, 7) is 19.0. The maximum absolute atomic E-state index is 12.8. The van der Waals surface area contributed by atoms with Crippen LogP contribution in [0, 0.1) is 25.2 Å². The molecule has 3 amide bonds. The highest BCUT2D eigenvalue weighted by Gasteiger charge is 2.27. The van der Waals surface area contributed by atoms with Crippen LogP contribution >= 0.6 is 23.4 Å². The number of hydrogen-bond donors (Lipinski definition) is 6. The van der Waals surface area contributed by atoms with Gasteiger partial charge in [0, 0.05) is 80.7 Å². The number of anilines is 3. The monoisotopic (exact) mass is 914 g/mol. The molecule has 2 saturated heterocycles. The number of carbonyl (C=O) groups is 3. The summed E-state index contributed by atoms with van der Waals surface area (Å²) < 4.78 is 0. The summed E-state index contributed by atoms with van der Waals surface area (Å²) in [6.07, 6.45) is 5.34. The first-order valence-corrected chi connectivity index (χ1v) is 23.2. The molecule has 1 atom stereocenters. The van der Waals surface area contributed by atoms with Crippen molar-refractivity contribution in [2.75, 3.05) is 55.2 Å². The molecule has 0 radical (unpaired) electrons. The highest BCUT2D eigenvalue weighted by atomic mass is 35.5. The first-order chi connectivity index (χ1) is 30.3. The van der Waals surface area contributed by atoms with Crippen molar-refractivity contribution in [1.29, 1.82) is 5.41 Å². The van der Waals surface area contributed by atoms with Gasteiger partial charge in [-0.05, 0) is 99.9 Å². The zero-order valence-electron chi connectivity index (χ0n) is 38.5. The molecule has 9 N–H and O–H groups in total. The molecular formula is C48H67ClN10O4S. The van der Waals surface area contributed by atoms with Crippen LogP contribution in [0.2, 0.25) is 5.02 Å². The number of rotatable bonds is 13. The lowest BCUT2D eigenvalue weighted by atomic mass is 9.91. The van der Waals surface area contributed by atoms with Crippen LogP contribution in [0.1, 0.15) is 94.5 Å². The number of piperazine rings is 1. The molecule has 2 aliphatic heterocycles. The standard InChI is InChI=1S/C32H41ClN8O2S.C11H15NO.C5H11NO/c1-22-6-8-23(9-7-22)21-39-16-18-41(19-17-39)28(43)11-10-27(42)37-24-4-3-5-25(29(24)33)44-31-30(34)38-26(20-36-31)40-14-12-32(2,35)13-15-40;1-4-9-6-10(8(3)12)7(2)5-11(9)13;1-3-4(2)5(6)7/h3-9,20H,10-19,21,35H2,1-2H3,(H2,34,38)(H,37,42);5-6,12-13H,4H2,1-3H3;4H,3H2,1-2H3,(H2,6,7). The summed E-state index contributed by atoms with van der Waals surface area (Å²) in [4.78, 5) is 51.9. The maximum atomic E-state index is 12.8. The Morgan fingerprint density at radius 2 is 1.66 bits per heavy atom. The van der Waals surface area contributed by atoms with Crippen LogP contribution in [-0.2, 0) is 27.3 Å². The number of halogens is 1. The Morgan fingerprint density at radius 3 is 2.22 bits per heavy atom. The largest absolute Gasteiger partial charge is 0.508 e. The molecule has 16 heteroatoms. The summed E-state index contributed by atoms with van der Waals surface area (Å²) >= 11 is 7.96. The second kappa shape index (κ2) is 24.2. The lowest BCUT2D eigenvalue weighted by Gasteiger charge is -2.37. The molecule has 4 aromatic rings. The minimum absolute atomic E-state index is 0.00960. The van der Waals surface area contributed by atoms with Gasteiger partial charge in [-0.3, -0.25) is 19.3 Å². The normalized spacial score (nSPS) is 15.2. The van der Waals surface area contributed by atoms with E-state index in [-0.39, 0.29) is 42.0 Å². The summed E-state index contributed by atoms with van der Waals surface area (Å²) in [7, 11) is 0. The smallest absolute Gasteiger partial charge is 0.224 e. The van der Waals surface area contributed by atoms with Gasteiger partial charge in [0.05, 0.1) is 16.9 Å². The lowest BCUT2D eigenvalue weighted by molar-refractivity contribution is -0.134. The predicted octanol–water partition coefficient (Wildman–Crippen LogP) is 7.72.